The highest BCUT2D eigenvalue weighted by Gasteiger charge is 2.46. The number of quaternary nitrogens is 1. The Morgan fingerprint density at radius 1 is 0.966 bits per heavy atom. The van der Waals surface area contributed by atoms with E-state index in [-0.39, 0.29) is 17.9 Å². The van der Waals surface area contributed by atoms with E-state index in [1.54, 1.807) is 0 Å². The van der Waals surface area contributed by atoms with Crippen LogP contribution in [0.2, 0.25) is 0 Å². The zero-order chi connectivity index (χ0) is 22.3. The lowest BCUT2D eigenvalue weighted by molar-refractivity contribution is -0.870. The van der Waals surface area contributed by atoms with Gasteiger partial charge in [-0.25, -0.2) is 0 Å². The van der Waals surface area contributed by atoms with E-state index in [1.807, 2.05) is 27.7 Å². The van der Waals surface area contributed by atoms with Crippen molar-refractivity contribution in [3.8, 4) is 0 Å². The van der Waals surface area contributed by atoms with E-state index in [1.165, 1.54) is 43.7 Å². The average molecular weight is 412 g/mol. The van der Waals surface area contributed by atoms with Crippen LogP contribution in [0.1, 0.15) is 98.8 Å². The van der Waals surface area contributed by atoms with Crippen LogP contribution in [0.25, 0.3) is 0 Å². The Bertz CT molecular complexity index is 479. The molecule has 1 fully saturated rings. The van der Waals surface area contributed by atoms with Crippen LogP contribution in [0, 0.1) is 5.92 Å². The Hall–Kier alpha value is -0.650. The van der Waals surface area contributed by atoms with Gasteiger partial charge in [-0.15, -0.1) is 10.3 Å². The van der Waals surface area contributed by atoms with Crippen LogP contribution in [-0.4, -0.2) is 60.3 Å². The molecule has 1 amide bonds. The molecule has 0 saturated carbocycles. The Morgan fingerprint density at radius 3 is 1.93 bits per heavy atom. The van der Waals surface area contributed by atoms with Crippen LogP contribution in [0.5, 0.6) is 0 Å². The van der Waals surface area contributed by atoms with E-state index in [0.29, 0.717) is 0 Å². The summed E-state index contributed by atoms with van der Waals surface area (Å²) in [4.78, 5) is 12.8. The molecular formula is C24H49N3O2+. The van der Waals surface area contributed by atoms with E-state index in [0.717, 1.165) is 36.6 Å². The lowest BCUT2D eigenvalue weighted by atomic mass is 9.78. The number of rotatable bonds is 12. The van der Waals surface area contributed by atoms with Gasteiger partial charge < -0.3 is 9.80 Å². The predicted molar refractivity (Wildman–Crippen MR) is 121 cm³/mol. The van der Waals surface area contributed by atoms with Crippen molar-refractivity contribution >= 4 is 5.91 Å². The van der Waals surface area contributed by atoms with E-state index in [4.69, 9.17) is 0 Å². The Labute approximate surface area is 180 Å². The van der Waals surface area contributed by atoms with Crippen molar-refractivity contribution < 1.29 is 14.5 Å². The maximum Gasteiger partial charge on any atom is 0.223 e. The third-order valence-corrected chi connectivity index (χ3v) is 6.43. The van der Waals surface area contributed by atoms with Crippen LogP contribution >= 0.6 is 0 Å². The third kappa shape index (κ3) is 9.35. The highest BCUT2D eigenvalue weighted by atomic mass is 16.5. The van der Waals surface area contributed by atoms with Crippen molar-refractivity contribution in [1.29, 1.82) is 0 Å². The Balaban J connectivity index is 2.32. The minimum atomic E-state index is -0.437. The summed E-state index contributed by atoms with van der Waals surface area (Å²) in [6.07, 6.45) is 10.9. The van der Waals surface area contributed by atoms with Crippen LogP contribution < -0.4 is 5.32 Å². The number of piperidine rings is 1. The fourth-order valence-electron chi connectivity index (χ4n) is 4.89. The molecule has 1 rings (SSSR count). The summed E-state index contributed by atoms with van der Waals surface area (Å²) in [6.45, 7) is 11.3. The lowest BCUT2D eigenvalue weighted by Gasteiger charge is -2.50. The van der Waals surface area contributed by atoms with Crippen molar-refractivity contribution in [3.05, 3.63) is 0 Å². The highest BCUT2D eigenvalue weighted by Crippen LogP contribution is 2.37. The fraction of sp³-hybridized carbons (Fsp3) is 0.958. The molecule has 1 aliphatic heterocycles. The predicted octanol–water partition coefficient (Wildman–Crippen LogP) is 4.93. The normalized spacial score (nSPS) is 21.1. The molecule has 1 heterocycles. The first-order valence-electron chi connectivity index (χ1n) is 11.9. The van der Waals surface area contributed by atoms with Crippen LogP contribution in [0.3, 0.4) is 0 Å². The van der Waals surface area contributed by atoms with Gasteiger partial charge in [0.25, 0.3) is 0 Å². The summed E-state index contributed by atoms with van der Waals surface area (Å²) < 4.78 is 1.05. The van der Waals surface area contributed by atoms with Gasteiger partial charge in [-0.1, -0.05) is 32.6 Å². The van der Waals surface area contributed by atoms with Crippen molar-refractivity contribution in [3.63, 3.8) is 0 Å². The molecule has 0 aromatic heterocycles. The smallest absolute Gasteiger partial charge is 0.223 e. The van der Waals surface area contributed by atoms with Gasteiger partial charge in [-0.05, 0) is 66.2 Å². The maximum absolute atomic E-state index is 12.8. The van der Waals surface area contributed by atoms with Crippen LogP contribution in [0.4, 0.5) is 0 Å². The van der Waals surface area contributed by atoms with Crippen molar-refractivity contribution in [2.75, 3.05) is 27.7 Å². The molecule has 1 atom stereocenters. The Morgan fingerprint density at radius 2 is 1.45 bits per heavy atom. The zero-order valence-corrected chi connectivity index (χ0v) is 20.6. The number of unbranched alkanes of at least 4 members (excludes halogenated alkanes) is 5. The quantitative estimate of drug-likeness (QED) is 0.365. The first-order valence-corrected chi connectivity index (χ1v) is 11.9. The zero-order valence-electron chi connectivity index (χ0n) is 20.6. The molecule has 0 spiro atoms. The molecule has 5 heteroatoms. The minimum Gasteiger partial charge on any atom is -0.353 e. The number of hydroxylamine groups is 2. The molecule has 1 radical (unpaired) electrons. The summed E-state index contributed by atoms with van der Waals surface area (Å²) in [6, 6.07) is 0.0907. The summed E-state index contributed by atoms with van der Waals surface area (Å²) in [5, 5.41) is 17.0. The van der Waals surface area contributed by atoms with E-state index in [9.17, 15) is 10.0 Å². The second-order valence-electron chi connectivity index (χ2n) is 11.6. The second kappa shape index (κ2) is 11.1. The van der Waals surface area contributed by atoms with Gasteiger partial charge >= 0.3 is 0 Å². The van der Waals surface area contributed by atoms with Crippen molar-refractivity contribution in [2.45, 2.75) is 116 Å². The van der Waals surface area contributed by atoms with E-state index < -0.39 is 11.1 Å². The highest BCUT2D eigenvalue weighted by molar-refractivity contribution is 5.78. The molecule has 1 aliphatic rings. The standard InChI is InChI=1S/C24H48N3O2/c1-9-20(16-14-12-10-11-13-15-17-27(6,7)8)22(28)25-21-18-23(2,3)26(29)24(4,5)19-21/h20-21H,9-19H2,1-8H3/p+1. The molecule has 0 bridgehead atoms. The van der Waals surface area contributed by atoms with Crippen LogP contribution in [0.15, 0.2) is 0 Å². The topological polar surface area (TPSA) is 52.2 Å². The number of carbonyl (C=O) groups is 1. The molecule has 0 aliphatic carbocycles. The van der Waals surface area contributed by atoms with Crippen LogP contribution in [-0.2, 0) is 10.0 Å². The van der Waals surface area contributed by atoms with Gasteiger partial charge in [0, 0.05) is 23.0 Å². The van der Waals surface area contributed by atoms with Crippen molar-refractivity contribution in [2.24, 2.45) is 5.92 Å². The molecule has 1 unspecified atom stereocenters. The summed E-state index contributed by atoms with van der Waals surface area (Å²) in [5.41, 5.74) is -0.874. The first-order chi connectivity index (χ1) is 13.3. The third-order valence-electron chi connectivity index (χ3n) is 6.43. The summed E-state index contributed by atoms with van der Waals surface area (Å²) >= 11 is 0. The van der Waals surface area contributed by atoms with Gasteiger partial charge in [-0.2, -0.15) is 0 Å². The number of carbonyl (C=O) groups excluding carboxylic acids is 1. The second-order valence-corrected chi connectivity index (χ2v) is 11.6. The van der Waals surface area contributed by atoms with Gasteiger partial charge in [-0.3, -0.25) is 4.79 Å². The fourth-order valence-corrected chi connectivity index (χ4v) is 4.89. The number of amides is 1. The van der Waals surface area contributed by atoms with Crippen molar-refractivity contribution in [1.82, 2.24) is 10.4 Å². The molecule has 0 aromatic carbocycles. The monoisotopic (exact) mass is 411 g/mol. The average Bonchev–Trinajstić information content (AvgIpc) is 2.56. The first kappa shape index (κ1) is 26.4. The maximum atomic E-state index is 12.8. The molecule has 1 saturated heterocycles. The van der Waals surface area contributed by atoms with Gasteiger partial charge in [0.05, 0.1) is 27.7 Å². The van der Waals surface area contributed by atoms with E-state index >= 15 is 0 Å². The molecule has 29 heavy (non-hydrogen) atoms. The SMILES string of the molecule is CCC(CCCCCCCC[N+](C)(C)C)C(=O)NC1CC(C)(C)N([O])C(C)(C)C1. The number of nitrogens with one attached hydrogen (secondary N) is 1. The number of hydrogen-bond donors (Lipinski definition) is 1. The molecule has 1 N–H and O–H groups in total. The molecule has 5 nitrogen and oxygen atoms in total. The minimum absolute atomic E-state index is 0.0907. The summed E-state index contributed by atoms with van der Waals surface area (Å²) in [7, 11) is 6.76. The Kier molecular flexibility index (Phi) is 10.1. The largest absolute Gasteiger partial charge is 0.353 e. The molecule has 171 valence electrons. The van der Waals surface area contributed by atoms with Gasteiger partial charge in [0.15, 0.2) is 0 Å². The lowest BCUT2D eigenvalue weighted by Crippen LogP contribution is -2.62. The number of nitrogens with zero attached hydrogens (tertiary/aromatic N) is 2. The van der Waals surface area contributed by atoms with Gasteiger partial charge in [0.2, 0.25) is 5.91 Å². The molecule has 0 aromatic rings. The summed E-state index contributed by atoms with van der Waals surface area (Å²) in [5.74, 6) is 0.288. The van der Waals surface area contributed by atoms with Gasteiger partial charge in [0.1, 0.15) is 0 Å². The number of hydrogen-bond acceptors (Lipinski definition) is 2. The van der Waals surface area contributed by atoms with E-state index in [2.05, 4.69) is 33.4 Å². The molecular weight excluding hydrogens is 362 g/mol.